The molecule has 1 aromatic heterocycles. The molecule has 0 radical (unpaired) electrons. The Balaban J connectivity index is 1.68. The fourth-order valence-corrected chi connectivity index (χ4v) is 2.47. The normalized spacial score (nSPS) is 12.5. The van der Waals surface area contributed by atoms with E-state index in [4.69, 9.17) is 11.6 Å². The molecular weight excluding hydrogens is 270 g/mol. The zero-order valence-corrected chi connectivity index (χ0v) is 12.0. The molecule has 2 N–H and O–H groups in total. The molecule has 0 amide bonds. The number of H-pyrrole nitrogens is 1. The van der Waals surface area contributed by atoms with E-state index in [1.165, 1.54) is 5.56 Å². The summed E-state index contributed by atoms with van der Waals surface area (Å²) in [6.07, 6.45) is 2.80. The van der Waals surface area contributed by atoms with Crippen molar-refractivity contribution in [3.8, 4) is 0 Å². The van der Waals surface area contributed by atoms with Crippen LogP contribution in [0, 0.1) is 0 Å². The maximum atomic E-state index is 5.90. The molecule has 2 aromatic carbocycles. The Bertz CT molecular complexity index is 703. The molecule has 0 aliphatic heterocycles. The number of halogens is 1. The molecule has 1 atom stereocenters. The van der Waals surface area contributed by atoms with Crippen LogP contribution in [0.25, 0.3) is 10.9 Å². The SMILES string of the molecule is CC(Cc1ccc(Cl)cc1)Nc1ccc2[nH]ncc2c1. The van der Waals surface area contributed by atoms with Gasteiger partial charge in [0.25, 0.3) is 0 Å². The Hall–Kier alpha value is -2.00. The van der Waals surface area contributed by atoms with E-state index in [-0.39, 0.29) is 0 Å². The zero-order valence-electron chi connectivity index (χ0n) is 11.2. The number of rotatable bonds is 4. The number of nitrogens with zero attached hydrogens (tertiary/aromatic N) is 1. The predicted octanol–water partition coefficient (Wildman–Crippen LogP) is 4.26. The summed E-state index contributed by atoms with van der Waals surface area (Å²) in [7, 11) is 0. The van der Waals surface area contributed by atoms with Crippen molar-refractivity contribution in [2.75, 3.05) is 5.32 Å². The fraction of sp³-hybridized carbons (Fsp3) is 0.188. The molecule has 3 aromatic rings. The molecule has 102 valence electrons. The van der Waals surface area contributed by atoms with Crippen LogP contribution in [0.15, 0.2) is 48.7 Å². The van der Waals surface area contributed by atoms with E-state index in [0.29, 0.717) is 6.04 Å². The Labute approximate surface area is 123 Å². The first-order valence-electron chi connectivity index (χ1n) is 6.65. The summed E-state index contributed by atoms with van der Waals surface area (Å²) in [4.78, 5) is 0. The first kappa shape index (κ1) is 13.0. The van der Waals surface area contributed by atoms with E-state index in [9.17, 15) is 0 Å². The van der Waals surface area contributed by atoms with Crippen molar-refractivity contribution in [3.63, 3.8) is 0 Å². The third kappa shape index (κ3) is 2.94. The van der Waals surface area contributed by atoms with Crippen LogP contribution in [-0.4, -0.2) is 16.2 Å². The van der Waals surface area contributed by atoms with Gasteiger partial charge in [0.1, 0.15) is 0 Å². The van der Waals surface area contributed by atoms with Gasteiger partial charge in [-0.05, 0) is 49.2 Å². The molecule has 1 heterocycles. The maximum absolute atomic E-state index is 5.90. The Morgan fingerprint density at radius 1 is 1.20 bits per heavy atom. The summed E-state index contributed by atoms with van der Waals surface area (Å²) in [5.41, 5.74) is 3.44. The molecule has 0 bridgehead atoms. The van der Waals surface area contributed by atoms with E-state index in [1.54, 1.807) is 0 Å². The van der Waals surface area contributed by atoms with Crippen LogP contribution in [0.5, 0.6) is 0 Å². The van der Waals surface area contributed by atoms with Crippen LogP contribution in [0.3, 0.4) is 0 Å². The molecule has 0 aliphatic rings. The van der Waals surface area contributed by atoms with Gasteiger partial charge in [0.15, 0.2) is 0 Å². The van der Waals surface area contributed by atoms with Crippen molar-refractivity contribution in [2.45, 2.75) is 19.4 Å². The highest BCUT2D eigenvalue weighted by Crippen LogP contribution is 2.18. The van der Waals surface area contributed by atoms with Crippen molar-refractivity contribution in [3.05, 3.63) is 59.2 Å². The van der Waals surface area contributed by atoms with E-state index in [2.05, 4.69) is 46.7 Å². The summed E-state index contributed by atoms with van der Waals surface area (Å²) < 4.78 is 0. The number of nitrogens with one attached hydrogen (secondary N) is 2. The van der Waals surface area contributed by atoms with Gasteiger partial charge in [-0.3, -0.25) is 5.10 Å². The second-order valence-electron chi connectivity index (χ2n) is 5.05. The summed E-state index contributed by atoms with van der Waals surface area (Å²) >= 11 is 5.90. The van der Waals surface area contributed by atoms with Gasteiger partial charge in [-0.1, -0.05) is 23.7 Å². The lowest BCUT2D eigenvalue weighted by Crippen LogP contribution is -2.17. The quantitative estimate of drug-likeness (QED) is 0.752. The van der Waals surface area contributed by atoms with E-state index in [0.717, 1.165) is 28.0 Å². The summed E-state index contributed by atoms with van der Waals surface area (Å²) in [6, 6.07) is 14.6. The van der Waals surface area contributed by atoms with E-state index >= 15 is 0 Å². The molecule has 4 heteroatoms. The van der Waals surface area contributed by atoms with Gasteiger partial charge in [-0.15, -0.1) is 0 Å². The number of aromatic amines is 1. The van der Waals surface area contributed by atoms with Crippen LogP contribution in [0.1, 0.15) is 12.5 Å². The topological polar surface area (TPSA) is 40.7 Å². The van der Waals surface area contributed by atoms with Gasteiger partial charge < -0.3 is 5.32 Å². The summed E-state index contributed by atoms with van der Waals surface area (Å²) in [5.74, 6) is 0. The average molecular weight is 286 g/mol. The maximum Gasteiger partial charge on any atom is 0.0651 e. The van der Waals surface area contributed by atoms with Gasteiger partial charge in [-0.2, -0.15) is 5.10 Å². The molecular formula is C16H16ClN3. The first-order valence-corrected chi connectivity index (χ1v) is 7.02. The minimum Gasteiger partial charge on any atom is -0.382 e. The zero-order chi connectivity index (χ0) is 13.9. The molecule has 20 heavy (non-hydrogen) atoms. The predicted molar refractivity (Wildman–Crippen MR) is 84.3 cm³/mol. The first-order chi connectivity index (χ1) is 9.70. The van der Waals surface area contributed by atoms with Crippen LogP contribution in [0.2, 0.25) is 5.02 Å². The summed E-state index contributed by atoms with van der Waals surface area (Å²) in [5, 5.41) is 12.4. The second kappa shape index (κ2) is 5.55. The molecule has 0 saturated carbocycles. The average Bonchev–Trinajstić information content (AvgIpc) is 2.89. The van der Waals surface area contributed by atoms with Crippen molar-refractivity contribution >= 4 is 28.2 Å². The van der Waals surface area contributed by atoms with Crippen molar-refractivity contribution in [1.82, 2.24) is 10.2 Å². The van der Waals surface area contributed by atoms with Crippen molar-refractivity contribution < 1.29 is 0 Å². The summed E-state index contributed by atoms with van der Waals surface area (Å²) in [6.45, 7) is 2.17. The highest BCUT2D eigenvalue weighted by molar-refractivity contribution is 6.30. The molecule has 3 rings (SSSR count). The van der Waals surface area contributed by atoms with Crippen LogP contribution < -0.4 is 5.32 Å². The van der Waals surface area contributed by atoms with Crippen LogP contribution >= 0.6 is 11.6 Å². The number of aromatic nitrogens is 2. The second-order valence-corrected chi connectivity index (χ2v) is 5.48. The van der Waals surface area contributed by atoms with Crippen LogP contribution in [0.4, 0.5) is 5.69 Å². The Morgan fingerprint density at radius 3 is 2.80 bits per heavy atom. The van der Waals surface area contributed by atoms with Crippen molar-refractivity contribution in [1.29, 1.82) is 0 Å². The van der Waals surface area contributed by atoms with Gasteiger partial charge in [0, 0.05) is 22.1 Å². The smallest absolute Gasteiger partial charge is 0.0651 e. The number of anilines is 1. The highest BCUT2D eigenvalue weighted by atomic mass is 35.5. The highest BCUT2D eigenvalue weighted by Gasteiger charge is 2.05. The molecule has 0 fully saturated rings. The molecule has 0 spiro atoms. The van der Waals surface area contributed by atoms with Crippen molar-refractivity contribution in [2.24, 2.45) is 0 Å². The number of fused-ring (bicyclic) bond motifs is 1. The lowest BCUT2D eigenvalue weighted by molar-refractivity contribution is 0.790. The van der Waals surface area contributed by atoms with Gasteiger partial charge in [0.2, 0.25) is 0 Å². The standard InChI is InChI=1S/C16H16ClN3/c1-11(8-12-2-4-14(17)5-3-12)19-15-6-7-16-13(9-15)10-18-20-16/h2-7,9-11,19H,8H2,1H3,(H,18,20). The third-order valence-electron chi connectivity index (χ3n) is 3.31. The Kier molecular flexibility index (Phi) is 3.61. The molecule has 0 aliphatic carbocycles. The van der Waals surface area contributed by atoms with E-state index in [1.807, 2.05) is 24.4 Å². The van der Waals surface area contributed by atoms with Gasteiger partial charge >= 0.3 is 0 Å². The largest absolute Gasteiger partial charge is 0.382 e. The van der Waals surface area contributed by atoms with Gasteiger partial charge in [0.05, 0.1) is 11.7 Å². The number of hydrogen-bond acceptors (Lipinski definition) is 2. The lowest BCUT2D eigenvalue weighted by atomic mass is 10.1. The van der Waals surface area contributed by atoms with Gasteiger partial charge in [-0.25, -0.2) is 0 Å². The van der Waals surface area contributed by atoms with Crippen LogP contribution in [-0.2, 0) is 6.42 Å². The molecule has 0 saturated heterocycles. The molecule has 3 nitrogen and oxygen atoms in total. The monoisotopic (exact) mass is 285 g/mol. The third-order valence-corrected chi connectivity index (χ3v) is 3.56. The Morgan fingerprint density at radius 2 is 2.00 bits per heavy atom. The lowest BCUT2D eigenvalue weighted by Gasteiger charge is -2.15. The van der Waals surface area contributed by atoms with E-state index < -0.39 is 0 Å². The minimum atomic E-state index is 0.348. The molecule has 1 unspecified atom stereocenters. The fourth-order valence-electron chi connectivity index (χ4n) is 2.34. The number of benzene rings is 2. The number of hydrogen-bond donors (Lipinski definition) is 2. The minimum absolute atomic E-state index is 0.348.